The maximum Gasteiger partial charge on any atom is 0.125 e. The van der Waals surface area contributed by atoms with Crippen LogP contribution in [-0.2, 0) is 0 Å². The second-order valence-electron chi connectivity index (χ2n) is 4.16. The molecule has 2 nitrogen and oxygen atoms in total. The van der Waals surface area contributed by atoms with Crippen LogP contribution < -0.4 is 4.90 Å². The van der Waals surface area contributed by atoms with Crippen molar-refractivity contribution >= 4 is 5.69 Å². The van der Waals surface area contributed by atoms with Gasteiger partial charge in [-0.25, -0.2) is 4.39 Å². The number of rotatable bonds is 2. The van der Waals surface area contributed by atoms with Gasteiger partial charge in [-0.3, -0.25) is 0 Å². The van der Waals surface area contributed by atoms with Gasteiger partial charge in [-0.2, -0.15) is 0 Å². The number of hydrogen-bond donors (Lipinski definition) is 1. The summed E-state index contributed by atoms with van der Waals surface area (Å²) in [5.41, 5.74) is 0.834. The molecule has 1 aliphatic carbocycles. The van der Waals surface area contributed by atoms with Gasteiger partial charge in [-0.15, -0.1) is 0 Å². The van der Waals surface area contributed by atoms with E-state index in [-0.39, 0.29) is 18.0 Å². The second kappa shape index (κ2) is 4.19. The van der Waals surface area contributed by atoms with Crippen molar-refractivity contribution in [2.75, 3.05) is 11.9 Å². The van der Waals surface area contributed by atoms with E-state index in [2.05, 4.69) is 0 Å². The average molecular weight is 209 g/mol. The number of benzene rings is 1. The van der Waals surface area contributed by atoms with E-state index in [0.29, 0.717) is 0 Å². The summed E-state index contributed by atoms with van der Waals surface area (Å²) >= 11 is 0. The van der Waals surface area contributed by atoms with Crippen LogP contribution >= 0.6 is 0 Å². The van der Waals surface area contributed by atoms with E-state index in [1.165, 1.54) is 12.1 Å². The monoisotopic (exact) mass is 209 g/mol. The van der Waals surface area contributed by atoms with Gasteiger partial charge in [0.15, 0.2) is 0 Å². The lowest BCUT2D eigenvalue weighted by molar-refractivity contribution is 0.163. The maximum atomic E-state index is 13.0. The zero-order valence-electron chi connectivity index (χ0n) is 8.86. The number of aliphatic hydroxyl groups is 1. The van der Waals surface area contributed by atoms with Crippen molar-refractivity contribution in [1.29, 1.82) is 0 Å². The quantitative estimate of drug-likeness (QED) is 0.807. The normalized spacial score (nSPS) is 25.5. The Labute approximate surface area is 89.3 Å². The molecule has 1 N–H and O–H groups in total. The van der Waals surface area contributed by atoms with Gasteiger partial charge < -0.3 is 10.0 Å². The second-order valence-corrected chi connectivity index (χ2v) is 4.16. The Kier molecular flexibility index (Phi) is 2.91. The molecule has 0 radical (unpaired) electrons. The molecule has 1 aliphatic rings. The van der Waals surface area contributed by atoms with Gasteiger partial charge in [-0.05, 0) is 37.5 Å². The summed E-state index contributed by atoms with van der Waals surface area (Å²) in [4.78, 5) is 1.97. The van der Waals surface area contributed by atoms with Crippen molar-refractivity contribution in [3.05, 3.63) is 30.1 Å². The number of hydrogen-bond acceptors (Lipinski definition) is 2. The smallest absolute Gasteiger partial charge is 0.125 e. The van der Waals surface area contributed by atoms with Crippen LogP contribution in [0.3, 0.4) is 0 Å². The summed E-state index contributed by atoms with van der Waals surface area (Å²) in [7, 11) is 1.91. The highest BCUT2D eigenvalue weighted by atomic mass is 19.1. The molecule has 0 aliphatic heterocycles. The fourth-order valence-electron chi connectivity index (χ4n) is 2.26. The molecule has 2 rings (SSSR count). The molecular weight excluding hydrogens is 193 g/mol. The Hall–Kier alpha value is -1.09. The molecule has 0 spiro atoms. The first kappa shape index (κ1) is 10.4. The molecule has 0 unspecified atom stereocenters. The van der Waals surface area contributed by atoms with Crippen LogP contribution in [0.1, 0.15) is 19.3 Å². The summed E-state index contributed by atoms with van der Waals surface area (Å²) in [6, 6.07) is 6.64. The summed E-state index contributed by atoms with van der Waals surface area (Å²) in [5, 5.41) is 9.75. The molecule has 0 amide bonds. The maximum absolute atomic E-state index is 13.0. The molecule has 0 aromatic heterocycles. The van der Waals surface area contributed by atoms with Crippen LogP contribution in [0, 0.1) is 5.82 Å². The molecule has 2 atom stereocenters. The van der Waals surface area contributed by atoms with Crippen LogP contribution in [-0.4, -0.2) is 24.3 Å². The van der Waals surface area contributed by atoms with Gasteiger partial charge in [0.05, 0.1) is 12.1 Å². The average Bonchev–Trinajstić information content (AvgIpc) is 2.63. The van der Waals surface area contributed by atoms with Crippen LogP contribution in [0.2, 0.25) is 0 Å². The predicted octanol–water partition coefficient (Wildman–Crippen LogP) is 2.18. The highest BCUT2D eigenvalue weighted by molar-refractivity contribution is 5.47. The third-order valence-electron chi connectivity index (χ3n) is 3.16. The zero-order chi connectivity index (χ0) is 10.8. The van der Waals surface area contributed by atoms with E-state index in [0.717, 1.165) is 24.9 Å². The molecule has 0 bridgehead atoms. The van der Waals surface area contributed by atoms with Crippen molar-refractivity contribution in [2.45, 2.75) is 31.4 Å². The minimum atomic E-state index is -0.279. The lowest BCUT2D eigenvalue weighted by Gasteiger charge is -2.29. The first-order valence-electron chi connectivity index (χ1n) is 5.35. The fourth-order valence-corrected chi connectivity index (χ4v) is 2.26. The number of anilines is 1. The SMILES string of the molecule is CN(c1cccc(F)c1)[C@H]1CCC[C@@H]1O. The number of nitrogens with zero attached hydrogens (tertiary/aromatic N) is 1. The molecule has 1 aromatic rings. The van der Waals surface area contributed by atoms with E-state index in [4.69, 9.17) is 0 Å². The van der Waals surface area contributed by atoms with E-state index in [1.807, 2.05) is 18.0 Å². The molecular formula is C12H16FNO. The van der Waals surface area contributed by atoms with Gasteiger partial charge in [0.1, 0.15) is 5.82 Å². The van der Waals surface area contributed by atoms with Gasteiger partial charge in [0.2, 0.25) is 0 Å². The Morgan fingerprint density at radius 1 is 1.40 bits per heavy atom. The molecule has 15 heavy (non-hydrogen) atoms. The fraction of sp³-hybridized carbons (Fsp3) is 0.500. The van der Waals surface area contributed by atoms with Crippen LogP contribution in [0.5, 0.6) is 0 Å². The molecule has 1 fully saturated rings. The Morgan fingerprint density at radius 3 is 2.80 bits per heavy atom. The van der Waals surface area contributed by atoms with Gasteiger partial charge in [0.25, 0.3) is 0 Å². The predicted molar refractivity (Wildman–Crippen MR) is 58.4 cm³/mol. The van der Waals surface area contributed by atoms with Crippen molar-refractivity contribution in [3.8, 4) is 0 Å². The molecule has 82 valence electrons. The van der Waals surface area contributed by atoms with Gasteiger partial charge >= 0.3 is 0 Å². The molecule has 3 heteroatoms. The topological polar surface area (TPSA) is 23.5 Å². The zero-order valence-corrected chi connectivity index (χ0v) is 8.86. The van der Waals surface area contributed by atoms with E-state index in [9.17, 15) is 9.50 Å². The Morgan fingerprint density at radius 2 is 2.20 bits per heavy atom. The molecule has 1 saturated carbocycles. The third-order valence-corrected chi connectivity index (χ3v) is 3.16. The first-order chi connectivity index (χ1) is 7.18. The summed E-state index contributed by atoms with van der Waals surface area (Å²) in [5.74, 6) is -0.230. The van der Waals surface area contributed by atoms with E-state index >= 15 is 0 Å². The minimum absolute atomic E-state index is 0.131. The summed E-state index contributed by atoms with van der Waals surface area (Å²) < 4.78 is 13.0. The molecule has 0 heterocycles. The van der Waals surface area contributed by atoms with Crippen molar-refractivity contribution < 1.29 is 9.50 Å². The molecule has 0 saturated heterocycles. The van der Waals surface area contributed by atoms with Gasteiger partial charge in [-0.1, -0.05) is 6.07 Å². The standard InChI is InChI=1S/C12H16FNO/c1-14(11-6-3-7-12(11)15)10-5-2-4-9(13)8-10/h2,4-5,8,11-12,15H,3,6-7H2,1H3/t11-,12-/m0/s1. The lowest BCUT2D eigenvalue weighted by Crippen LogP contribution is -2.37. The number of aliphatic hydroxyl groups excluding tert-OH is 1. The van der Waals surface area contributed by atoms with Crippen molar-refractivity contribution in [1.82, 2.24) is 0 Å². The van der Waals surface area contributed by atoms with Crippen LogP contribution in [0.25, 0.3) is 0 Å². The lowest BCUT2D eigenvalue weighted by atomic mass is 10.1. The summed E-state index contributed by atoms with van der Waals surface area (Å²) in [6.07, 6.45) is 2.60. The first-order valence-corrected chi connectivity index (χ1v) is 5.35. The highest BCUT2D eigenvalue weighted by Gasteiger charge is 2.28. The van der Waals surface area contributed by atoms with Crippen LogP contribution in [0.4, 0.5) is 10.1 Å². The summed E-state index contributed by atoms with van der Waals surface area (Å²) in [6.45, 7) is 0. The molecule has 1 aromatic carbocycles. The Balaban J connectivity index is 2.16. The minimum Gasteiger partial charge on any atom is -0.391 e. The van der Waals surface area contributed by atoms with E-state index in [1.54, 1.807) is 6.07 Å². The Bertz CT molecular complexity index is 342. The van der Waals surface area contributed by atoms with Crippen molar-refractivity contribution in [3.63, 3.8) is 0 Å². The third kappa shape index (κ3) is 2.12. The van der Waals surface area contributed by atoms with Crippen LogP contribution in [0.15, 0.2) is 24.3 Å². The highest BCUT2D eigenvalue weighted by Crippen LogP contribution is 2.27. The largest absolute Gasteiger partial charge is 0.391 e. The van der Waals surface area contributed by atoms with E-state index < -0.39 is 0 Å². The number of halogens is 1. The number of likely N-dealkylation sites (N-methyl/N-ethyl adjacent to an activating group) is 1. The van der Waals surface area contributed by atoms with Gasteiger partial charge in [0, 0.05) is 12.7 Å². The van der Waals surface area contributed by atoms with Crippen molar-refractivity contribution in [2.24, 2.45) is 0 Å².